The Hall–Kier alpha value is 0.190. The van der Waals surface area contributed by atoms with Crippen molar-refractivity contribution < 1.29 is 16.5 Å². The van der Waals surface area contributed by atoms with E-state index in [2.05, 4.69) is 26.8 Å². The molecular weight excluding hydrogens is 183 g/mol. The van der Waals surface area contributed by atoms with Crippen molar-refractivity contribution >= 4 is 10.2 Å². The fourth-order valence-electron chi connectivity index (χ4n) is 1.16. The third-order valence-electron chi connectivity index (χ3n) is 2.24. The Kier molecular flexibility index (Phi) is 3.61. The van der Waals surface area contributed by atoms with Crippen molar-refractivity contribution in [1.82, 2.24) is 0 Å². The Morgan fingerprint density at radius 2 is 1.90 bits per heavy atom. The third-order valence-corrected chi connectivity index (χ3v) is 3.28. The van der Waals surface area contributed by atoms with E-state index in [4.69, 9.17) is 0 Å². The average Bonchev–Trinajstić information content (AvgIpc) is 1.98. The van der Waals surface area contributed by atoms with Gasteiger partial charge in [-0.05, 0) is 10.2 Å². The van der Waals surface area contributed by atoms with Gasteiger partial charge in [0, 0.05) is 16.5 Å². The summed E-state index contributed by atoms with van der Waals surface area (Å²) in [5, 5.41) is 1.47. The number of hydrogen-bond acceptors (Lipinski definition) is 0. The third kappa shape index (κ3) is 1.62. The van der Waals surface area contributed by atoms with Gasteiger partial charge >= 0.3 is 0 Å². The summed E-state index contributed by atoms with van der Waals surface area (Å²) in [5.41, 5.74) is 3.01. The van der Waals surface area contributed by atoms with Crippen LogP contribution in [0.4, 0.5) is 0 Å². The minimum absolute atomic E-state index is 0. The van der Waals surface area contributed by atoms with Gasteiger partial charge in [0.2, 0.25) is 0 Å². The topological polar surface area (TPSA) is 0 Å². The molecule has 0 aromatic heterocycles. The number of rotatable bonds is 0. The molecule has 1 aliphatic rings. The summed E-state index contributed by atoms with van der Waals surface area (Å²) in [6.07, 6.45) is 3.42. The van der Waals surface area contributed by atoms with E-state index in [9.17, 15) is 0 Å². The summed E-state index contributed by atoms with van der Waals surface area (Å²) in [7, 11) is 1.16. The molecule has 0 saturated carbocycles. The van der Waals surface area contributed by atoms with Crippen molar-refractivity contribution in [2.24, 2.45) is 5.92 Å². The van der Waals surface area contributed by atoms with E-state index in [0.717, 1.165) is 10.2 Å². The molecule has 0 radical (unpaired) electrons. The van der Waals surface area contributed by atoms with Crippen LogP contribution in [0, 0.1) is 12.0 Å². The first-order valence-corrected chi connectivity index (χ1v) is 4.40. The normalized spacial score (nSPS) is 24.7. The summed E-state index contributed by atoms with van der Waals surface area (Å²) in [6.45, 7) is 6.62. The predicted molar refractivity (Wildman–Crippen MR) is 44.2 cm³/mol. The summed E-state index contributed by atoms with van der Waals surface area (Å²) in [4.78, 5) is 0. The standard InChI is InChI=1S/C8H13Si.Ni/c1-5-4-8(9)7(3)6(5)2;/h5H,1-3,9H3;/q-1;. The Balaban J connectivity index is 0.000000810. The molecular formula is C8H13NiSi-. The Morgan fingerprint density at radius 1 is 1.40 bits per heavy atom. The first-order valence-electron chi connectivity index (χ1n) is 3.40. The van der Waals surface area contributed by atoms with Gasteiger partial charge in [0.05, 0.1) is 0 Å². The van der Waals surface area contributed by atoms with Gasteiger partial charge in [0.25, 0.3) is 0 Å². The molecule has 1 rings (SSSR count). The van der Waals surface area contributed by atoms with Crippen LogP contribution in [0.25, 0.3) is 0 Å². The molecule has 0 aromatic rings. The molecule has 0 fully saturated rings. The van der Waals surface area contributed by atoms with Gasteiger partial charge in [-0.15, -0.1) is 6.92 Å². The SMILES string of the molecule is CC1=C(C)C(C)[C-]=C1[SiH3].[Ni]. The molecule has 1 unspecified atom stereocenters. The van der Waals surface area contributed by atoms with Crippen molar-refractivity contribution in [3.63, 3.8) is 0 Å². The van der Waals surface area contributed by atoms with Gasteiger partial charge in [-0.3, -0.25) is 6.08 Å². The van der Waals surface area contributed by atoms with Gasteiger partial charge < -0.3 is 0 Å². The quantitative estimate of drug-likeness (QED) is 0.400. The van der Waals surface area contributed by atoms with Crippen molar-refractivity contribution in [1.29, 1.82) is 0 Å². The van der Waals surface area contributed by atoms with Gasteiger partial charge in [-0.25, -0.2) is 10.8 Å². The molecule has 0 amide bonds. The molecule has 10 heavy (non-hydrogen) atoms. The summed E-state index contributed by atoms with van der Waals surface area (Å²) >= 11 is 0. The zero-order valence-electron chi connectivity index (χ0n) is 6.89. The Bertz CT molecular complexity index is 191. The first-order chi connectivity index (χ1) is 4.13. The van der Waals surface area contributed by atoms with Crippen LogP contribution in [0.15, 0.2) is 16.3 Å². The Morgan fingerprint density at radius 3 is 2.00 bits per heavy atom. The molecule has 0 aliphatic heterocycles. The van der Waals surface area contributed by atoms with Crippen molar-refractivity contribution in [3.05, 3.63) is 22.4 Å². The van der Waals surface area contributed by atoms with Crippen molar-refractivity contribution in [2.75, 3.05) is 0 Å². The summed E-state index contributed by atoms with van der Waals surface area (Å²) < 4.78 is 0. The van der Waals surface area contributed by atoms with Gasteiger partial charge in [0.15, 0.2) is 0 Å². The van der Waals surface area contributed by atoms with Crippen LogP contribution < -0.4 is 0 Å². The van der Waals surface area contributed by atoms with Crippen molar-refractivity contribution in [2.45, 2.75) is 20.8 Å². The van der Waals surface area contributed by atoms with E-state index in [0.29, 0.717) is 5.92 Å². The van der Waals surface area contributed by atoms with Crippen LogP contribution in [-0.2, 0) is 16.5 Å². The minimum atomic E-state index is 0. The molecule has 0 heterocycles. The van der Waals surface area contributed by atoms with Gasteiger partial charge in [0.1, 0.15) is 0 Å². The zero-order chi connectivity index (χ0) is 7.02. The molecule has 0 spiro atoms. The monoisotopic (exact) mass is 195 g/mol. The second-order valence-corrected chi connectivity index (χ2v) is 3.80. The molecule has 0 bridgehead atoms. The largest absolute Gasteiger partial charge is 0.271 e. The molecule has 0 N–H and O–H groups in total. The fourth-order valence-corrected chi connectivity index (χ4v) is 1.99. The van der Waals surface area contributed by atoms with Gasteiger partial charge in [-0.2, -0.15) is 5.57 Å². The summed E-state index contributed by atoms with van der Waals surface area (Å²) in [5.74, 6) is 0.595. The summed E-state index contributed by atoms with van der Waals surface area (Å²) in [6, 6.07) is 0. The van der Waals surface area contributed by atoms with Crippen LogP contribution in [-0.4, -0.2) is 10.2 Å². The molecule has 2 heteroatoms. The maximum Gasteiger partial charge on any atom is 0 e. The maximum absolute atomic E-state index is 3.42. The average molecular weight is 196 g/mol. The molecule has 60 valence electrons. The van der Waals surface area contributed by atoms with Crippen LogP contribution >= 0.6 is 0 Å². The van der Waals surface area contributed by atoms with Crippen LogP contribution in [0.2, 0.25) is 0 Å². The first kappa shape index (κ1) is 10.2. The predicted octanol–water partition coefficient (Wildman–Crippen LogP) is 1.02. The number of hydrogen-bond donors (Lipinski definition) is 0. The number of allylic oxidation sites excluding steroid dienone is 4. The second kappa shape index (κ2) is 3.54. The fraction of sp³-hybridized carbons (Fsp3) is 0.500. The van der Waals surface area contributed by atoms with Crippen LogP contribution in [0.5, 0.6) is 0 Å². The van der Waals surface area contributed by atoms with Crippen LogP contribution in [0.3, 0.4) is 0 Å². The molecule has 1 aliphatic carbocycles. The smallest absolute Gasteiger partial charge is 0 e. The van der Waals surface area contributed by atoms with E-state index in [-0.39, 0.29) is 16.5 Å². The molecule has 0 nitrogen and oxygen atoms in total. The van der Waals surface area contributed by atoms with E-state index in [1.54, 1.807) is 0 Å². The second-order valence-electron chi connectivity index (χ2n) is 2.80. The zero-order valence-corrected chi connectivity index (χ0v) is 9.88. The molecule has 0 saturated heterocycles. The Labute approximate surface area is 76.1 Å². The van der Waals surface area contributed by atoms with Crippen molar-refractivity contribution in [3.8, 4) is 0 Å². The van der Waals surface area contributed by atoms with E-state index >= 15 is 0 Å². The van der Waals surface area contributed by atoms with E-state index in [1.165, 1.54) is 16.3 Å². The maximum atomic E-state index is 3.42. The minimum Gasteiger partial charge on any atom is -0.271 e. The van der Waals surface area contributed by atoms with Gasteiger partial charge in [-0.1, -0.05) is 19.8 Å². The molecule has 0 aromatic carbocycles. The molecule has 1 atom stereocenters. The van der Waals surface area contributed by atoms with E-state index < -0.39 is 0 Å². The van der Waals surface area contributed by atoms with Crippen LogP contribution in [0.1, 0.15) is 20.8 Å². The van der Waals surface area contributed by atoms with E-state index in [1.807, 2.05) is 0 Å².